The number of carbonyl (C=O) groups is 1. The van der Waals surface area contributed by atoms with E-state index >= 15 is 0 Å². The molecule has 132 valence electrons. The Labute approximate surface area is 159 Å². The molecule has 3 aromatic rings. The highest BCUT2D eigenvalue weighted by Gasteiger charge is 2.18. The number of aromatic nitrogens is 1. The quantitative estimate of drug-likeness (QED) is 0.621. The zero-order valence-electron chi connectivity index (χ0n) is 14.7. The minimum atomic E-state index is 0.0129. The number of rotatable bonds is 6. The van der Waals surface area contributed by atoms with E-state index in [2.05, 4.69) is 4.98 Å². The predicted molar refractivity (Wildman–Crippen MR) is 105 cm³/mol. The van der Waals surface area contributed by atoms with Crippen LogP contribution in [-0.4, -0.2) is 22.3 Å². The number of hydrogen-bond donors (Lipinski definition) is 0. The van der Waals surface area contributed by atoms with Crippen LogP contribution in [0.3, 0.4) is 0 Å². The van der Waals surface area contributed by atoms with Crippen LogP contribution in [-0.2, 0) is 13.0 Å². The lowest BCUT2D eigenvalue weighted by Gasteiger charge is -2.24. The second-order valence-corrected chi connectivity index (χ2v) is 6.61. The van der Waals surface area contributed by atoms with E-state index in [0.29, 0.717) is 24.5 Å². The van der Waals surface area contributed by atoms with Crippen LogP contribution < -0.4 is 0 Å². The van der Waals surface area contributed by atoms with E-state index in [1.807, 2.05) is 78.6 Å². The topological polar surface area (TPSA) is 33.2 Å². The Kier molecular flexibility index (Phi) is 6.03. The molecular weight excluding hydrogens is 344 g/mol. The molecule has 0 N–H and O–H groups in total. The number of aryl methyl sites for hydroxylation is 1. The molecule has 0 aliphatic heterocycles. The first kappa shape index (κ1) is 18.2. The average Bonchev–Trinajstić information content (AvgIpc) is 2.67. The number of nitrogens with zero attached hydrogens (tertiary/aromatic N) is 2. The largest absolute Gasteiger partial charge is 0.334 e. The third kappa shape index (κ3) is 4.50. The number of amides is 1. The molecule has 0 unspecified atom stereocenters. The standard InChI is InChI=1S/C22H21ClN2O/c1-17-8-2-4-11-20(17)22(26)25(15-13-19-10-6-7-14-24-19)16-18-9-3-5-12-21(18)23/h2-12,14H,13,15-16H2,1H3. The van der Waals surface area contributed by atoms with Crippen LogP contribution in [0.25, 0.3) is 0 Å². The van der Waals surface area contributed by atoms with Crippen molar-refractivity contribution in [1.29, 1.82) is 0 Å². The summed E-state index contributed by atoms with van der Waals surface area (Å²) in [6.07, 6.45) is 2.47. The molecule has 0 bridgehead atoms. The molecule has 1 heterocycles. The van der Waals surface area contributed by atoms with Crippen molar-refractivity contribution in [3.8, 4) is 0 Å². The van der Waals surface area contributed by atoms with Crippen molar-refractivity contribution in [2.75, 3.05) is 6.54 Å². The fourth-order valence-corrected chi connectivity index (χ4v) is 3.06. The van der Waals surface area contributed by atoms with Gasteiger partial charge in [-0.25, -0.2) is 0 Å². The summed E-state index contributed by atoms with van der Waals surface area (Å²) < 4.78 is 0. The zero-order chi connectivity index (χ0) is 18.4. The third-order valence-corrected chi connectivity index (χ3v) is 4.71. The van der Waals surface area contributed by atoms with Crippen LogP contribution in [0, 0.1) is 6.92 Å². The van der Waals surface area contributed by atoms with Gasteiger partial charge in [-0.1, -0.05) is 54.1 Å². The summed E-state index contributed by atoms with van der Waals surface area (Å²) in [7, 11) is 0. The van der Waals surface area contributed by atoms with Gasteiger partial charge in [-0.3, -0.25) is 9.78 Å². The summed E-state index contributed by atoms with van der Waals surface area (Å²) >= 11 is 6.32. The van der Waals surface area contributed by atoms with Gasteiger partial charge in [0.25, 0.3) is 5.91 Å². The van der Waals surface area contributed by atoms with E-state index in [1.165, 1.54) is 0 Å². The first-order valence-corrected chi connectivity index (χ1v) is 9.01. The fourth-order valence-electron chi connectivity index (χ4n) is 2.86. The molecule has 0 saturated carbocycles. The lowest BCUT2D eigenvalue weighted by molar-refractivity contribution is 0.0744. The minimum absolute atomic E-state index is 0.0129. The van der Waals surface area contributed by atoms with Gasteiger partial charge in [0.15, 0.2) is 0 Å². The molecular formula is C22H21ClN2O. The fraction of sp³-hybridized carbons (Fsp3) is 0.182. The summed E-state index contributed by atoms with van der Waals surface area (Å²) in [5.74, 6) is 0.0129. The number of hydrogen-bond acceptors (Lipinski definition) is 2. The van der Waals surface area contributed by atoms with Gasteiger partial charge in [-0.2, -0.15) is 0 Å². The van der Waals surface area contributed by atoms with Crippen molar-refractivity contribution in [3.63, 3.8) is 0 Å². The summed E-state index contributed by atoms with van der Waals surface area (Å²) in [4.78, 5) is 19.4. The maximum absolute atomic E-state index is 13.2. The van der Waals surface area contributed by atoms with E-state index in [0.717, 1.165) is 22.4 Å². The smallest absolute Gasteiger partial charge is 0.254 e. The molecule has 0 aliphatic carbocycles. The van der Waals surface area contributed by atoms with E-state index < -0.39 is 0 Å². The van der Waals surface area contributed by atoms with Crippen molar-refractivity contribution in [2.45, 2.75) is 19.9 Å². The van der Waals surface area contributed by atoms with Gasteiger partial charge in [0.2, 0.25) is 0 Å². The number of halogens is 1. The van der Waals surface area contributed by atoms with E-state index in [1.54, 1.807) is 6.20 Å². The predicted octanol–water partition coefficient (Wildman–Crippen LogP) is 4.93. The summed E-state index contributed by atoms with van der Waals surface area (Å²) in [6.45, 7) is 3.01. The molecule has 1 amide bonds. The zero-order valence-corrected chi connectivity index (χ0v) is 15.5. The Hall–Kier alpha value is -2.65. The van der Waals surface area contributed by atoms with Crippen molar-refractivity contribution in [2.24, 2.45) is 0 Å². The van der Waals surface area contributed by atoms with Gasteiger partial charge in [0, 0.05) is 42.0 Å². The molecule has 2 aromatic carbocycles. The molecule has 0 fully saturated rings. The van der Waals surface area contributed by atoms with Gasteiger partial charge in [0.1, 0.15) is 0 Å². The Morgan fingerprint density at radius 3 is 2.46 bits per heavy atom. The van der Waals surface area contributed by atoms with Crippen LogP contribution >= 0.6 is 11.6 Å². The molecule has 26 heavy (non-hydrogen) atoms. The molecule has 0 atom stereocenters. The van der Waals surface area contributed by atoms with Gasteiger partial charge < -0.3 is 4.90 Å². The summed E-state index contributed by atoms with van der Waals surface area (Å²) in [5.41, 5.74) is 3.60. The second-order valence-electron chi connectivity index (χ2n) is 6.20. The Morgan fingerprint density at radius 2 is 1.73 bits per heavy atom. The van der Waals surface area contributed by atoms with Crippen molar-refractivity contribution >= 4 is 17.5 Å². The second kappa shape index (κ2) is 8.63. The molecule has 3 rings (SSSR count). The molecule has 0 saturated heterocycles. The Morgan fingerprint density at radius 1 is 1.00 bits per heavy atom. The minimum Gasteiger partial charge on any atom is -0.334 e. The van der Waals surface area contributed by atoms with E-state index in [9.17, 15) is 4.79 Å². The van der Waals surface area contributed by atoms with Crippen molar-refractivity contribution in [3.05, 3.63) is 100 Å². The van der Waals surface area contributed by atoms with Crippen molar-refractivity contribution in [1.82, 2.24) is 9.88 Å². The maximum Gasteiger partial charge on any atom is 0.254 e. The lowest BCUT2D eigenvalue weighted by Crippen LogP contribution is -2.33. The van der Waals surface area contributed by atoms with Crippen LogP contribution in [0.4, 0.5) is 0 Å². The Bertz CT molecular complexity index is 880. The van der Waals surface area contributed by atoms with Gasteiger partial charge >= 0.3 is 0 Å². The van der Waals surface area contributed by atoms with E-state index in [-0.39, 0.29) is 5.91 Å². The SMILES string of the molecule is Cc1ccccc1C(=O)N(CCc1ccccn1)Cc1ccccc1Cl. The highest BCUT2D eigenvalue weighted by atomic mass is 35.5. The first-order valence-electron chi connectivity index (χ1n) is 8.63. The third-order valence-electron chi connectivity index (χ3n) is 4.35. The number of pyridine rings is 1. The number of benzene rings is 2. The van der Waals surface area contributed by atoms with Gasteiger partial charge in [-0.05, 0) is 42.3 Å². The highest BCUT2D eigenvalue weighted by molar-refractivity contribution is 6.31. The van der Waals surface area contributed by atoms with Crippen LogP contribution in [0.1, 0.15) is 27.2 Å². The summed E-state index contributed by atoms with van der Waals surface area (Å²) in [6, 6.07) is 21.2. The van der Waals surface area contributed by atoms with E-state index in [4.69, 9.17) is 11.6 Å². The first-order chi connectivity index (χ1) is 12.6. The average molecular weight is 365 g/mol. The van der Waals surface area contributed by atoms with Gasteiger partial charge in [0.05, 0.1) is 0 Å². The molecule has 4 heteroatoms. The van der Waals surface area contributed by atoms with Crippen LogP contribution in [0.2, 0.25) is 5.02 Å². The lowest BCUT2D eigenvalue weighted by atomic mass is 10.1. The molecule has 0 radical (unpaired) electrons. The maximum atomic E-state index is 13.2. The summed E-state index contributed by atoms with van der Waals surface area (Å²) in [5, 5.41) is 0.674. The molecule has 1 aromatic heterocycles. The molecule has 0 aliphatic rings. The van der Waals surface area contributed by atoms with Crippen LogP contribution in [0.15, 0.2) is 72.9 Å². The molecule has 0 spiro atoms. The number of carbonyl (C=O) groups excluding carboxylic acids is 1. The highest BCUT2D eigenvalue weighted by Crippen LogP contribution is 2.19. The van der Waals surface area contributed by atoms with Gasteiger partial charge in [-0.15, -0.1) is 0 Å². The molecule has 3 nitrogen and oxygen atoms in total. The normalized spacial score (nSPS) is 10.5. The van der Waals surface area contributed by atoms with Crippen LogP contribution in [0.5, 0.6) is 0 Å². The van der Waals surface area contributed by atoms with Crippen molar-refractivity contribution < 1.29 is 4.79 Å². The monoisotopic (exact) mass is 364 g/mol. The Balaban J connectivity index is 1.84.